The standard InChI is InChI=1S/C27H21ClN6O/c1-33-16-31-15-24(33)27(30,19-6-8-20(28)9-7-19)23-11-10-22-26(32-23)21(13-25(35)34(22)2)18-5-3-4-17(12-18)14-29/h3-13,15-16H,30H2,1-2H3/t27-/m1/s1. The number of rotatable bonds is 4. The van der Waals surface area contributed by atoms with Crippen LogP contribution in [0, 0.1) is 11.3 Å². The highest BCUT2D eigenvalue weighted by molar-refractivity contribution is 6.30. The van der Waals surface area contributed by atoms with E-state index in [0.717, 1.165) is 16.8 Å². The minimum absolute atomic E-state index is 0.173. The molecule has 0 spiro atoms. The molecule has 2 aromatic carbocycles. The molecule has 8 heteroatoms. The molecule has 0 saturated carbocycles. The normalized spacial score (nSPS) is 12.9. The van der Waals surface area contributed by atoms with Crippen LogP contribution in [0.5, 0.6) is 0 Å². The molecule has 0 saturated heterocycles. The second-order valence-corrected chi connectivity index (χ2v) is 8.85. The molecule has 5 rings (SSSR count). The number of nitrogens with zero attached hydrogens (tertiary/aromatic N) is 5. The van der Waals surface area contributed by atoms with Gasteiger partial charge in [-0.25, -0.2) is 9.97 Å². The summed E-state index contributed by atoms with van der Waals surface area (Å²) in [5, 5.41) is 9.98. The zero-order valence-corrected chi connectivity index (χ0v) is 19.9. The van der Waals surface area contributed by atoms with Crippen molar-refractivity contribution in [2.75, 3.05) is 0 Å². The Morgan fingerprint density at radius 1 is 1.06 bits per heavy atom. The molecule has 0 fully saturated rings. The van der Waals surface area contributed by atoms with Crippen LogP contribution < -0.4 is 11.3 Å². The fraction of sp³-hybridized carbons (Fsp3) is 0.111. The Bertz CT molecular complexity index is 1680. The van der Waals surface area contributed by atoms with Gasteiger partial charge in [0.1, 0.15) is 5.54 Å². The number of aryl methyl sites for hydroxylation is 2. The molecule has 0 bridgehead atoms. The molecule has 0 aliphatic rings. The monoisotopic (exact) mass is 480 g/mol. The molecule has 0 unspecified atom stereocenters. The third-order valence-electron chi connectivity index (χ3n) is 6.32. The Kier molecular flexibility index (Phi) is 5.48. The molecule has 0 radical (unpaired) electrons. The van der Waals surface area contributed by atoms with Crippen LogP contribution in [0.1, 0.15) is 22.5 Å². The summed E-state index contributed by atoms with van der Waals surface area (Å²) in [6.45, 7) is 0. The first-order valence-corrected chi connectivity index (χ1v) is 11.2. The maximum absolute atomic E-state index is 12.8. The largest absolute Gasteiger partial charge is 0.335 e. The minimum Gasteiger partial charge on any atom is -0.335 e. The molecule has 2 N–H and O–H groups in total. The molecule has 0 amide bonds. The van der Waals surface area contributed by atoms with E-state index in [1.54, 1.807) is 60.5 Å². The van der Waals surface area contributed by atoms with Crippen LogP contribution >= 0.6 is 11.6 Å². The van der Waals surface area contributed by atoms with Crippen molar-refractivity contribution in [2.45, 2.75) is 5.54 Å². The van der Waals surface area contributed by atoms with Gasteiger partial charge >= 0.3 is 0 Å². The third-order valence-corrected chi connectivity index (χ3v) is 6.57. The van der Waals surface area contributed by atoms with E-state index in [0.29, 0.717) is 32.9 Å². The maximum Gasteiger partial charge on any atom is 0.251 e. The Morgan fingerprint density at radius 3 is 2.51 bits per heavy atom. The molecule has 3 heterocycles. The van der Waals surface area contributed by atoms with Crippen LogP contribution in [0.3, 0.4) is 0 Å². The SMILES string of the molecule is Cn1cncc1[C@@](N)(c1ccc(Cl)cc1)c1ccc2c(n1)c(-c1cccc(C#N)c1)cc(=O)n2C. The molecule has 0 aliphatic heterocycles. The summed E-state index contributed by atoms with van der Waals surface area (Å²) in [6.07, 6.45) is 3.41. The summed E-state index contributed by atoms with van der Waals surface area (Å²) >= 11 is 6.16. The lowest BCUT2D eigenvalue weighted by Gasteiger charge is -2.30. The van der Waals surface area contributed by atoms with Gasteiger partial charge in [0, 0.05) is 30.7 Å². The zero-order valence-electron chi connectivity index (χ0n) is 19.1. The molecular weight excluding hydrogens is 460 g/mol. The number of nitrogens with two attached hydrogens (primary N) is 1. The van der Waals surface area contributed by atoms with E-state index in [2.05, 4.69) is 11.1 Å². The number of aromatic nitrogens is 4. The first-order valence-electron chi connectivity index (χ1n) is 10.9. The van der Waals surface area contributed by atoms with E-state index < -0.39 is 5.54 Å². The van der Waals surface area contributed by atoms with Gasteiger partial charge in [0.2, 0.25) is 0 Å². The number of nitriles is 1. The summed E-state index contributed by atoms with van der Waals surface area (Å²) in [4.78, 5) is 22.1. The van der Waals surface area contributed by atoms with Crippen molar-refractivity contribution in [3.05, 3.63) is 117 Å². The van der Waals surface area contributed by atoms with E-state index in [1.165, 1.54) is 0 Å². The van der Waals surface area contributed by atoms with Crippen LogP contribution in [0.15, 0.2) is 84.0 Å². The van der Waals surface area contributed by atoms with Gasteiger partial charge in [0.25, 0.3) is 5.56 Å². The van der Waals surface area contributed by atoms with Crippen LogP contribution in [0.4, 0.5) is 0 Å². The van der Waals surface area contributed by atoms with E-state index >= 15 is 0 Å². The van der Waals surface area contributed by atoms with Crippen molar-refractivity contribution in [3.8, 4) is 17.2 Å². The predicted octanol–water partition coefficient (Wildman–Crippen LogP) is 4.11. The molecule has 172 valence electrons. The number of hydrogen-bond acceptors (Lipinski definition) is 5. The Labute approximate surface area is 206 Å². The van der Waals surface area contributed by atoms with Crippen LogP contribution in [0.25, 0.3) is 22.2 Å². The van der Waals surface area contributed by atoms with Gasteiger partial charge in [-0.05, 0) is 47.5 Å². The highest BCUT2D eigenvalue weighted by Crippen LogP contribution is 2.35. The lowest BCUT2D eigenvalue weighted by molar-refractivity contribution is 0.580. The summed E-state index contributed by atoms with van der Waals surface area (Å²) in [5.74, 6) is 0. The lowest BCUT2D eigenvalue weighted by atomic mass is 9.84. The summed E-state index contributed by atoms with van der Waals surface area (Å²) in [5.41, 5.74) is 11.1. The first-order chi connectivity index (χ1) is 16.8. The topological polar surface area (TPSA) is 103 Å². The van der Waals surface area contributed by atoms with Gasteiger partial charge in [0.05, 0.1) is 46.6 Å². The van der Waals surface area contributed by atoms with E-state index in [1.807, 2.05) is 41.9 Å². The van der Waals surface area contributed by atoms with Crippen LogP contribution in [0.2, 0.25) is 5.02 Å². The second-order valence-electron chi connectivity index (χ2n) is 8.42. The van der Waals surface area contributed by atoms with Gasteiger partial charge in [-0.1, -0.05) is 35.9 Å². The van der Waals surface area contributed by atoms with Crippen molar-refractivity contribution in [1.82, 2.24) is 19.1 Å². The van der Waals surface area contributed by atoms with Gasteiger partial charge in [-0.3, -0.25) is 4.79 Å². The van der Waals surface area contributed by atoms with Crippen molar-refractivity contribution >= 4 is 22.6 Å². The van der Waals surface area contributed by atoms with Gasteiger partial charge < -0.3 is 14.9 Å². The number of benzene rings is 2. The molecule has 1 atom stereocenters. The zero-order chi connectivity index (χ0) is 24.7. The van der Waals surface area contributed by atoms with Crippen LogP contribution in [-0.2, 0) is 19.6 Å². The predicted molar refractivity (Wildman–Crippen MR) is 136 cm³/mol. The quantitative estimate of drug-likeness (QED) is 0.417. The molecule has 35 heavy (non-hydrogen) atoms. The molecule has 3 aromatic heterocycles. The number of hydrogen-bond donors (Lipinski definition) is 1. The number of halogens is 1. The fourth-order valence-corrected chi connectivity index (χ4v) is 4.53. The summed E-state index contributed by atoms with van der Waals surface area (Å²) < 4.78 is 3.41. The van der Waals surface area contributed by atoms with Crippen molar-refractivity contribution in [1.29, 1.82) is 5.26 Å². The Hall–Kier alpha value is -4.25. The van der Waals surface area contributed by atoms with Crippen LogP contribution in [-0.4, -0.2) is 19.1 Å². The van der Waals surface area contributed by atoms with Gasteiger partial charge in [-0.2, -0.15) is 5.26 Å². The second kappa shape index (κ2) is 8.51. The first kappa shape index (κ1) is 22.5. The molecule has 5 aromatic rings. The van der Waals surface area contributed by atoms with Crippen molar-refractivity contribution in [3.63, 3.8) is 0 Å². The number of fused-ring (bicyclic) bond motifs is 1. The Balaban J connectivity index is 1.84. The van der Waals surface area contributed by atoms with E-state index in [9.17, 15) is 10.1 Å². The molecule has 7 nitrogen and oxygen atoms in total. The lowest BCUT2D eigenvalue weighted by Crippen LogP contribution is -2.41. The number of pyridine rings is 2. The molecular formula is C27H21ClN6O. The highest BCUT2D eigenvalue weighted by Gasteiger charge is 2.36. The van der Waals surface area contributed by atoms with E-state index in [-0.39, 0.29) is 5.56 Å². The van der Waals surface area contributed by atoms with Crippen molar-refractivity contribution in [2.24, 2.45) is 19.8 Å². The van der Waals surface area contributed by atoms with Gasteiger partial charge in [-0.15, -0.1) is 0 Å². The average molecular weight is 481 g/mol. The van der Waals surface area contributed by atoms with Crippen molar-refractivity contribution < 1.29 is 0 Å². The highest BCUT2D eigenvalue weighted by atomic mass is 35.5. The summed E-state index contributed by atoms with van der Waals surface area (Å²) in [7, 11) is 3.58. The maximum atomic E-state index is 12.8. The van der Waals surface area contributed by atoms with E-state index in [4.69, 9.17) is 22.3 Å². The van der Waals surface area contributed by atoms with Gasteiger partial charge in [0.15, 0.2) is 0 Å². The third kappa shape index (κ3) is 3.69. The minimum atomic E-state index is -1.15. The Morgan fingerprint density at radius 2 is 1.83 bits per heavy atom. The summed E-state index contributed by atoms with van der Waals surface area (Å²) in [6, 6.07) is 21.8. The smallest absolute Gasteiger partial charge is 0.251 e. The average Bonchev–Trinajstić information content (AvgIpc) is 3.32. The number of imidazole rings is 1. The fourth-order valence-electron chi connectivity index (χ4n) is 4.40. The molecule has 0 aliphatic carbocycles.